The van der Waals surface area contributed by atoms with E-state index in [1.807, 2.05) is 0 Å². The van der Waals surface area contributed by atoms with E-state index in [9.17, 15) is 13.6 Å². The monoisotopic (exact) mass is 227 g/mol. The van der Waals surface area contributed by atoms with Gasteiger partial charge in [0.25, 0.3) is 6.43 Å². The molecule has 1 aromatic carbocycles. The fourth-order valence-corrected chi connectivity index (χ4v) is 1.26. The lowest BCUT2D eigenvalue weighted by atomic mass is 10.0. The number of carboxylic acid groups (broad SMARTS) is 1. The lowest BCUT2D eigenvalue weighted by Gasteiger charge is -2.10. The van der Waals surface area contributed by atoms with E-state index in [4.69, 9.17) is 10.4 Å². The summed E-state index contributed by atoms with van der Waals surface area (Å²) in [6.07, 6.45) is -2.98. The zero-order chi connectivity index (χ0) is 12.3. The van der Waals surface area contributed by atoms with Crippen molar-refractivity contribution in [2.24, 2.45) is 0 Å². The summed E-state index contributed by atoms with van der Waals surface area (Å²) in [6.45, 7) is 0. The Hall–Kier alpha value is -2.16. The molecule has 0 radical (unpaired) electrons. The van der Waals surface area contributed by atoms with Crippen molar-refractivity contribution in [3.8, 4) is 11.8 Å². The lowest BCUT2D eigenvalue weighted by molar-refractivity contribution is 0.0680. The molecule has 0 saturated carbocycles. The van der Waals surface area contributed by atoms with Crippen LogP contribution in [0.5, 0.6) is 5.75 Å². The van der Waals surface area contributed by atoms with Crippen molar-refractivity contribution in [3.05, 3.63) is 28.8 Å². The number of nitriles is 1. The third-order valence-electron chi connectivity index (χ3n) is 1.93. The Morgan fingerprint density at radius 3 is 2.56 bits per heavy atom. The van der Waals surface area contributed by atoms with Crippen LogP contribution < -0.4 is 4.74 Å². The minimum absolute atomic E-state index is 0.0721. The molecule has 0 fully saturated rings. The number of hydrogen-bond acceptors (Lipinski definition) is 3. The fourth-order valence-electron chi connectivity index (χ4n) is 1.26. The number of ether oxygens (including phenoxy) is 1. The maximum atomic E-state index is 12.6. The van der Waals surface area contributed by atoms with Gasteiger partial charge < -0.3 is 9.84 Å². The van der Waals surface area contributed by atoms with Crippen molar-refractivity contribution in [1.82, 2.24) is 0 Å². The normalized spacial score (nSPS) is 9.94. The number of carboxylic acids is 1. The van der Waals surface area contributed by atoms with Gasteiger partial charge in [-0.25, -0.2) is 13.6 Å². The number of rotatable bonds is 3. The van der Waals surface area contributed by atoms with Crippen LogP contribution in [0.4, 0.5) is 8.78 Å². The number of benzene rings is 1. The molecule has 0 aliphatic heterocycles. The summed E-state index contributed by atoms with van der Waals surface area (Å²) >= 11 is 0. The zero-order valence-corrected chi connectivity index (χ0v) is 8.20. The number of aromatic carboxylic acids is 1. The maximum absolute atomic E-state index is 12.6. The van der Waals surface area contributed by atoms with Gasteiger partial charge in [-0.2, -0.15) is 5.26 Å². The molecule has 1 aromatic rings. The highest BCUT2D eigenvalue weighted by atomic mass is 19.3. The van der Waals surface area contributed by atoms with Crippen molar-refractivity contribution in [3.63, 3.8) is 0 Å². The largest absolute Gasteiger partial charge is 0.496 e. The third kappa shape index (κ3) is 2.08. The second kappa shape index (κ2) is 4.57. The van der Waals surface area contributed by atoms with E-state index in [2.05, 4.69) is 4.74 Å². The molecule has 84 valence electrons. The molecule has 4 nitrogen and oxygen atoms in total. The minimum Gasteiger partial charge on any atom is -0.496 e. The predicted molar refractivity (Wildman–Crippen MR) is 49.6 cm³/mol. The molecule has 0 aliphatic carbocycles. The van der Waals surface area contributed by atoms with Gasteiger partial charge in [0.05, 0.1) is 18.7 Å². The molecule has 6 heteroatoms. The molecule has 16 heavy (non-hydrogen) atoms. The summed E-state index contributed by atoms with van der Waals surface area (Å²) in [7, 11) is 1.15. The summed E-state index contributed by atoms with van der Waals surface area (Å²) in [6, 6.07) is 3.61. The van der Waals surface area contributed by atoms with E-state index in [1.54, 1.807) is 6.07 Å². The molecule has 1 N–H and O–H groups in total. The smallest absolute Gasteiger partial charge is 0.339 e. The molecule has 0 atom stereocenters. The molecule has 0 saturated heterocycles. The van der Waals surface area contributed by atoms with E-state index in [-0.39, 0.29) is 11.3 Å². The summed E-state index contributed by atoms with van der Waals surface area (Å²) in [5.74, 6) is -1.77. The maximum Gasteiger partial charge on any atom is 0.339 e. The lowest BCUT2D eigenvalue weighted by Crippen LogP contribution is -2.06. The first-order valence-electron chi connectivity index (χ1n) is 4.14. The molecule has 0 unspecified atom stereocenters. The van der Waals surface area contributed by atoms with Gasteiger partial charge in [0, 0.05) is 5.56 Å². The minimum atomic E-state index is -2.98. The van der Waals surface area contributed by atoms with Gasteiger partial charge in [-0.15, -0.1) is 0 Å². The third-order valence-corrected chi connectivity index (χ3v) is 1.93. The van der Waals surface area contributed by atoms with Crippen LogP contribution in [0.25, 0.3) is 0 Å². The second-order valence-corrected chi connectivity index (χ2v) is 2.86. The Bertz CT molecular complexity index is 466. The van der Waals surface area contributed by atoms with E-state index < -0.39 is 23.5 Å². The molecule has 0 spiro atoms. The van der Waals surface area contributed by atoms with E-state index in [1.165, 1.54) is 0 Å². The first kappa shape index (κ1) is 11.9. The van der Waals surface area contributed by atoms with Gasteiger partial charge in [0.15, 0.2) is 0 Å². The summed E-state index contributed by atoms with van der Waals surface area (Å²) in [5, 5.41) is 17.4. The molecular weight excluding hydrogens is 220 g/mol. The summed E-state index contributed by atoms with van der Waals surface area (Å²) < 4.78 is 29.9. The fraction of sp³-hybridized carbons (Fsp3) is 0.200. The number of hydrogen-bond donors (Lipinski definition) is 1. The van der Waals surface area contributed by atoms with Crippen LogP contribution >= 0.6 is 0 Å². The standard InChI is InChI=1S/C10H7F2NO3/c1-16-7-3-5(4-13)2-6(9(11)12)8(7)10(14)15/h2-3,9H,1H3,(H,14,15). The van der Waals surface area contributed by atoms with Crippen LogP contribution in [0.15, 0.2) is 12.1 Å². The highest BCUT2D eigenvalue weighted by Crippen LogP contribution is 2.31. The van der Waals surface area contributed by atoms with Crippen molar-refractivity contribution >= 4 is 5.97 Å². The second-order valence-electron chi connectivity index (χ2n) is 2.86. The Morgan fingerprint density at radius 1 is 1.56 bits per heavy atom. The Kier molecular flexibility index (Phi) is 3.40. The van der Waals surface area contributed by atoms with Crippen molar-refractivity contribution in [1.29, 1.82) is 5.26 Å². The zero-order valence-electron chi connectivity index (χ0n) is 8.20. The first-order chi connectivity index (χ1) is 7.51. The molecule has 0 heterocycles. The van der Waals surface area contributed by atoms with Gasteiger partial charge >= 0.3 is 5.97 Å². The average Bonchev–Trinajstić information content (AvgIpc) is 2.26. The van der Waals surface area contributed by atoms with E-state index >= 15 is 0 Å². The van der Waals surface area contributed by atoms with Gasteiger partial charge in [-0.3, -0.25) is 0 Å². The Morgan fingerprint density at radius 2 is 2.19 bits per heavy atom. The van der Waals surface area contributed by atoms with E-state index in [0.717, 1.165) is 19.2 Å². The molecule has 0 amide bonds. The number of halogens is 2. The number of alkyl halides is 2. The van der Waals surface area contributed by atoms with Gasteiger partial charge in [0.1, 0.15) is 11.3 Å². The van der Waals surface area contributed by atoms with E-state index in [0.29, 0.717) is 0 Å². The molecule has 1 rings (SSSR count). The molecule has 0 bridgehead atoms. The summed E-state index contributed by atoms with van der Waals surface area (Å²) in [4.78, 5) is 10.8. The molecular formula is C10H7F2NO3. The van der Waals surface area contributed by atoms with Crippen LogP contribution in [0.3, 0.4) is 0 Å². The Labute approximate surface area is 89.7 Å². The van der Waals surface area contributed by atoms with Crippen molar-refractivity contribution in [2.75, 3.05) is 7.11 Å². The number of methoxy groups -OCH3 is 1. The van der Waals surface area contributed by atoms with Gasteiger partial charge in [-0.1, -0.05) is 0 Å². The van der Waals surface area contributed by atoms with Crippen LogP contribution in [-0.4, -0.2) is 18.2 Å². The molecule has 0 aromatic heterocycles. The highest BCUT2D eigenvalue weighted by molar-refractivity contribution is 5.93. The highest BCUT2D eigenvalue weighted by Gasteiger charge is 2.23. The van der Waals surface area contributed by atoms with Crippen LogP contribution in [-0.2, 0) is 0 Å². The molecule has 0 aliphatic rings. The SMILES string of the molecule is COc1cc(C#N)cc(C(F)F)c1C(=O)O. The quantitative estimate of drug-likeness (QED) is 0.859. The topological polar surface area (TPSA) is 70.3 Å². The first-order valence-corrected chi connectivity index (χ1v) is 4.14. The van der Waals surface area contributed by atoms with Crippen LogP contribution in [0.2, 0.25) is 0 Å². The van der Waals surface area contributed by atoms with Gasteiger partial charge in [-0.05, 0) is 12.1 Å². The Balaban J connectivity index is 3.55. The average molecular weight is 227 g/mol. The van der Waals surface area contributed by atoms with Crippen LogP contribution in [0.1, 0.15) is 27.9 Å². The summed E-state index contributed by atoms with van der Waals surface area (Å²) in [5.41, 5.74) is -1.41. The van der Waals surface area contributed by atoms with Crippen molar-refractivity contribution < 1.29 is 23.4 Å². The number of carbonyl (C=O) groups is 1. The van der Waals surface area contributed by atoms with Crippen molar-refractivity contribution in [2.45, 2.75) is 6.43 Å². The van der Waals surface area contributed by atoms with Gasteiger partial charge in [0.2, 0.25) is 0 Å². The van der Waals surface area contributed by atoms with Crippen LogP contribution in [0, 0.1) is 11.3 Å². The number of nitrogens with zero attached hydrogens (tertiary/aromatic N) is 1. The predicted octanol–water partition coefficient (Wildman–Crippen LogP) is 2.20.